The molecular weight excluding hydrogens is 297 g/mol. The standard InChI is InChI=1S/C16H14FN3O2.CH4/c1-10-6-7-20-14(8-10)19-15(13(9-21)16(20)22)18-12-4-2-11(17)3-5-12;/h2-8,18,21H,9H2,1H3;1H4. The van der Waals surface area contributed by atoms with Gasteiger partial charge in [0, 0.05) is 11.9 Å². The Hall–Kier alpha value is -2.73. The SMILES string of the molecule is C.Cc1ccn2c(=O)c(CO)c(Nc3ccc(F)cc3)nc2c1. The van der Waals surface area contributed by atoms with Crippen molar-refractivity contribution in [2.75, 3.05) is 5.32 Å². The van der Waals surface area contributed by atoms with Crippen LogP contribution in [0.4, 0.5) is 15.9 Å². The molecule has 23 heavy (non-hydrogen) atoms. The lowest BCUT2D eigenvalue weighted by Gasteiger charge is -2.11. The van der Waals surface area contributed by atoms with Gasteiger partial charge in [-0.3, -0.25) is 9.20 Å². The summed E-state index contributed by atoms with van der Waals surface area (Å²) in [5.41, 5.74) is 1.85. The molecule has 0 amide bonds. The summed E-state index contributed by atoms with van der Waals surface area (Å²) >= 11 is 0. The summed E-state index contributed by atoms with van der Waals surface area (Å²) in [6.07, 6.45) is 1.63. The van der Waals surface area contributed by atoms with Crippen LogP contribution in [-0.2, 0) is 6.61 Å². The first-order chi connectivity index (χ1) is 10.6. The molecule has 2 N–H and O–H groups in total. The Morgan fingerprint density at radius 2 is 1.96 bits per heavy atom. The minimum Gasteiger partial charge on any atom is -0.391 e. The Balaban J connectivity index is 0.00000192. The zero-order valence-corrected chi connectivity index (χ0v) is 11.9. The predicted octanol–water partition coefficient (Wildman–Crippen LogP) is 3.01. The first-order valence-corrected chi connectivity index (χ1v) is 6.74. The number of anilines is 2. The van der Waals surface area contributed by atoms with Gasteiger partial charge in [0.15, 0.2) is 0 Å². The van der Waals surface area contributed by atoms with Crippen LogP contribution in [0, 0.1) is 12.7 Å². The van der Waals surface area contributed by atoms with Crippen molar-refractivity contribution >= 4 is 17.2 Å². The third-order valence-electron chi connectivity index (χ3n) is 3.34. The van der Waals surface area contributed by atoms with Crippen molar-refractivity contribution in [2.45, 2.75) is 21.0 Å². The largest absolute Gasteiger partial charge is 0.391 e. The van der Waals surface area contributed by atoms with Crippen molar-refractivity contribution in [3.05, 3.63) is 69.9 Å². The normalized spacial score (nSPS) is 10.4. The number of nitrogens with one attached hydrogen (secondary N) is 1. The van der Waals surface area contributed by atoms with Gasteiger partial charge in [0.2, 0.25) is 0 Å². The van der Waals surface area contributed by atoms with Gasteiger partial charge in [0.1, 0.15) is 17.3 Å². The maximum Gasteiger partial charge on any atom is 0.265 e. The molecule has 2 heterocycles. The number of aryl methyl sites for hydroxylation is 1. The van der Waals surface area contributed by atoms with Crippen molar-refractivity contribution in [2.24, 2.45) is 0 Å². The van der Waals surface area contributed by atoms with Gasteiger partial charge in [-0.2, -0.15) is 0 Å². The molecule has 0 saturated carbocycles. The molecule has 0 aliphatic heterocycles. The number of aromatic nitrogens is 2. The lowest BCUT2D eigenvalue weighted by Crippen LogP contribution is -2.21. The highest BCUT2D eigenvalue weighted by atomic mass is 19.1. The monoisotopic (exact) mass is 315 g/mol. The molecule has 0 fully saturated rings. The molecule has 5 nitrogen and oxygen atoms in total. The maximum atomic E-state index is 13.0. The van der Waals surface area contributed by atoms with Crippen LogP contribution in [0.1, 0.15) is 18.6 Å². The highest BCUT2D eigenvalue weighted by Crippen LogP contribution is 2.18. The van der Waals surface area contributed by atoms with Crippen LogP contribution in [0.2, 0.25) is 0 Å². The summed E-state index contributed by atoms with van der Waals surface area (Å²) in [5.74, 6) is -0.0835. The smallest absolute Gasteiger partial charge is 0.265 e. The third-order valence-corrected chi connectivity index (χ3v) is 3.34. The quantitative estimate of drug-likeness (QED) is 0.780. The highest BCUT2D eigenvalue weighted by Gasteiger charge is 2.12. The van der Waals surface area contributed by atoms with E-state index < -0.39 is 6.61 Å². The number of nitrogens with zero attached hydrogens (tertiary/aromatic N) is 2. The number of hydrogen-bond donors (Lipinski definition) is 2. The minimum atomic E-state index is -0.438. The van der Waals surface area contributed by atoms with Crippen LogP contribution in [-0.4, -0.2) is 14.5 Å². The molecule has 0 bridgehead atoms. The van der Waals surface area contributed by atoms with Crippen LogP contribution in [0.25, 0.3) is 5.65 Å². The molecule has 1 aromatic carbocycles. The molecule has 0 atom stereocenters. The van der Waals surface area contributed by atoms with Gasteiger partial charge >= 0.3 is 0 Å². The van der Waals surface area contributed by atoms with Gasteiger partial charge in [0.05, 0.1) is 12.2 Å². The fourth-order valence-corrected chi connectivity index (χ4v) is 2.19. The number of rotatable bonds is 3. The topological polar surface area (TPSA) is 66.6 Å². The van der Waals surface area contributed by atoms with E-state index >= 15 is 0 Å². The number of fused-ring (bicyclic) bond motifs is 1. The molecule has 0 saturated heterocycles. The second-order valence-electron chi connectivity index (χ2n) is 4.97. The third kappa shape index (κ3) is 3.22. The first-order valence-electron chi connectivity index (χ1n) is 6.74. The molecule has 0 spiro atoms. The zero-order valence-electron chi connectivity index (χ0n) is 11.9. The van der Waals surface area contributed by atoms with Crippen molar-refractivity contribution in [1.29, 1.82) is 0 Å². The molecule has 2 aromatic heterocycles. The van der Waals surface area contributed by atoms with E-state index in [1.807, 2.05) is 6.92 Å². The van der Waals surface area contributed by atoms with Crippen molar-refractivity contribution in [3.8, 4) is 0 Å². The summed E-state index contributed by atoms with van der Waals surface area (Å²) in [6, 6.07) is 9.26. The molecule has 0 aliphatic rings. The van der Waals surface area contributed by atoms with Crippen LogP contribution in [0.3, 0.4) is 0 Å². The molecule has 0 aliphatic carbocycles. The Morgan fingerprint density at radius 3 is 2.61 bits per heavy atom. The molecule has 0 unspecified atom stereocenters. The van der Waals surface area contributed by atoms with E-state index in [1.54, 1.807) is 18.3 Å². The number of hydrogen-bond acceptors (Lipinski definition) is 4. The number of aliphatic hydroxyl groups is 1. The van der Waals surface area contributed by atoms with Crippen LogP contribution >= 0.6 is 0 Å². The van der Waals surface area contributed by atoms with E-state index in [4.69, 9.17) is 0 Å². The fraction of sp³-hybridized carbons (Fsp3) is 0.176. The summed E-state index contributed by atoms with van der Waals surface area (Å²) in [6.45, 7) is 1.46. The number of pyridine rings is 1. The molecular formula is C17H18FN3O2. The summed E-state index contributed by atoms with van der Waals surface area (Å²) in [4.78, 5) is 16.8. The zero-order chi connectivity index (χ0) is 15.7. The van der Waals surface area contributed by atoms with Crippen molar-refractivity contribution < 1.29 is 9.50 Å². The van der Waals surface area contributed by atoms with Gasteiger partial charge in [-0.15, -0.1) is 0 Å². The van der Waals surface area contributed by atoms with Gasteiger partial charge in [-0.25, -0.2) is 9.37 Å². The van der Waals surface area contributed by atoms with Crippen LogP contribution in [0.5, 0.6) is 0 Å². The first kappa shape index (κ1) is 16.6. The average Bonchev–Trinajstić information content (AvgIpc) is 2.49. The van der Waals surface area contributed by atoms with Crippen LogP contribution < -0.4 is 10.9 Å². The van der Waals surface area contributed by atoms with E-state index in [2.05, 4.69) is 10.3 Å². The molecule has 6 heteroatoms. The number of halogens is 1. The van der Waals surface area contributed by atoms with E-state index in [-0.39, 0.29) is 30.2 Å². The van der Waals surface area contributed by atoms with Crippen LogP contribution in [0.15, 0.2) is 47.4 Å². The Morgan fingerprint density at radius 1 is 1.26 bits per heavy atom. The van der Waals surface area contributed by atoms with E-state index in [0.717, 1.165) is 5.56 Å². The Bertz CT molecular complexity index is 889. The fourth-order valence-electron chi connectivity index (χ4n) is 2.19. The Labute approximate surface area is 133 Å². The highest BCUT2D eigenvalue weighted by molar-refractivity contribution is 5.61. The minimum absolute atomic E-state index is 0. The van der Waals surface area contributed by atoms with E-state index in [0.29, 0.717) is 11.3 Å². The van der Waals surface area contributed by atoms with E-state index in [1.165, 1.54) is 28.7 Å². The molecule has 120 valence electrons. The molecule has 3 rings (SSSR count). The second-order valence-corrected chi connectivity index (χ2v) is 4.97. The predicted molar refractivity (Wildman–Crippen MR) is 88.5 cm³/mol. The number of aliphatic hydroxyl groups excluding tert-OH is 1. The maximum absolute atomic E-state index is 13.0. The van der Waals surface area contributed by atoms with Gasteiger partial charge in [-0.1, -0.05) is 7.43 Å². The Kier molecular flexibility index (Phi) is 4.76. The van der Waals surface area contributed by atoms with Crippen molar-refractivity contribution in [1.82, 2.24) is 9.38 Å². The van der Waals surface area contributed by atoms with Gasteiger partial charge in [0.25, 0.3) is 5.56 Å². The molecule has 3 aromatic rings. The lowest BCUT2D eigenvalue weighted by molar-refractivity contribution is 0.280. The second kappa shape index (κ2) is 6.58. The van der Waals surface area contributed by atoms with Gasteiger partial charge < -0.3 is 10.4 Å². The average molecular weight is 315 g/mol. The summed E-state index contributed by atoms with van der Waals surface area (Å²) < 4.78 is 14.3. The van der Waals surface area contributed by atoms with Gasteiger partial charge in [-0.05, 0) is 48.9 Å². The summed E-state index contributed by atoms with van der Waals surface area (Å²) in [5, 5.41) is 12.4. The number of benzene rings is 1. The molecule has 0 radical (unpaired) electrons. The van der Waals surface area contributed by atoms with Crippen molar-refractivity contribution in [3.63, 3.8) is 0 Å². The van der Waals surface area contributed by atoms with E-state index in [9.17, 15) is 14.3 Å². The summed E-state index contributed by atoms with van der Waals surface area (Å²) in [7, 11) is 0. The lowest BCUT2D eigenvalue weighted by atomic mass is 10.2.